The zero-order chi connectivity index (χ0) is 27.7. The molecular weight excluding hydrogens is 484 g/mol. The minimum atomic E-state index is -2.72. The van der Waals surface area contributed by atoms with Crippen molar-refractivity contribution in [2.45, 2.75) is 24.5 Å². The number of hydrogen-bond acceptors (Lipinski definition) is 10. The Labute approximate surface area is 212 Å². The number of aliphatic hydroxyl groups is 3. The number of ketones is 2. The van der Waals surface area contributed by atoms with Gasteiger partial charge in [0.1, 0.15) is 22.8 Å². The first-order valence-electron chi connectivity index (χ1n) is 11.6. The van der Waals surface area contributed by atoms with E-state index in [0.717, 1.165) is 0 Å². The molecule has 0 radical (unpaired) electrons. The fourth-order valence-corrected chi connectivity index (χ4v) is 6.01. The highest BCUT2D eigenvalue weighted by atomic mass is 16.3. The molecule has 12 heteroatoms. The molecule has 0 saturated carbocycles. The molecular formula is C25H30N4O8. The molecule has 0 unspecified atom stereocenters. The Balaban J connectivity index is 2.01. The van der Waals surface area contributed by atoms with Crippen LogP contribution in [0.1, 0.15) is 32.7 Å². The van der Waals surface area contributed by atoms with Crippen LogP contribution in [0.5, 0.6) is 5.75 Å². The molecule has 3 aliphatic carbocycles. The van der Waals surface area contributed by atoms with Crippen molar-refractivity contribution in [3.63, 3.8) is 0 Å². The van der Waals surface area contributed by atoms with Crippen molar-refractivity contribution in [1.29, 1.82) is 0 Å². The summed E-state index contributed by atoms with van der Waals surface area (Å²) in [5, 5.41) is 47.2. The Hall–Kier alpha value is -3.90. The summed E-state index contributed by atoms with van der Waals surface area (Å²) >= 11 is 0. The number of allylic oxidation sites excluding steroid dienone is 1. The van der Waals surface area contributed by atoms with Gasteiger partial charge in [0.25, 0.3) is 11.8 Å². The molecule has 0 spiro atoms. The monoisotopic (exact) mass is 514 g/mol. The Kier molecular flexibility index (Phi) is 6.08. The zero-order valence-corrected chi connectivity index (χ0v) is 21.1. The smallest absolute Gasteiger partial charge is 0.255 e. The van der Waals surface area contributed by atoms with E-state index in [1.807, 2.05) is 0 Å². The Morgan fingerprint density at radius 3 is 2.27 bits per heavy atom. The van der Waals surface area contributed by atoms with Gasteiger partial charge < -0.3 is 36.4 Å². The number of phenols is 1. The third-order valence-electron chi connectivity index (χ3n) is 7.65. The molecule has 3 aliphatic rings. The first kappa shape index (κ1) is 26.2. The Morgan fingerprint density at radius 1 is 1.14 bits per heavy atom. The molecule has 0 saturated heterocycles. The second kappa shape index (κ2) is 8.60. The minimum Gasteiger partial charge on any atom is -0.510 e. The summed E-state index contributed by atoms with van der Waals surface area (Å²) in [7, 11) is 7.92. The second-order valence-electron chi connectivity index (χ2n) is 10.1. The van der Waals surface area contributed by atoms with Gasteiger partial charge in [-0.3, -0.25) is 24.1 Å². The number of aromatic hydroxyl groups is 1. The SMILES string of the molecule is CNC(=O)c1cc(N(C)C)c2c(c1O)C(=O)C1=C(O)[C@]3(O)C(=O)C(C(N)=O)=C(O)[C@@H](N(C)C)[C@@H]3C[C@@H]1C2. The van der Waals surface area contributed by atoms with Crippen LogP contribution in [0.4, 0.5) is 5.69 Å². The maximum Gasteiger partial charge on any atom is 0.255 e. The average molecular weight is 515 g/mol. The van der Waals surface area contributed by atoms with E-state index < -0.39 is 69.7 Å². The van der Waals surface area contributed by atoms with Crippen molar-refractivity contribution >= 4 is 29.1 Å². The first-order chi connectivity index (χ1) is 17.2. The number of nitrogens with one attached hydrogen (secondary N) is 1. The lowest BCUT2D eigenvalue weighted by molar-refractivity contribution is -0.148. The largest absolute Gasteiger partial charge is 0.510 e. The van der Waals surface area contributed by atoms with Crippen LogP contribution in [-0.2, 0) is 16.0 Å². The van der Waals surface area contributed by atoms with E-state index in [1.165, 1.54) is 18.0 Å². The maximum atomic E-state index is 13.8. The number of primary amides is 1. The Morgan fingerprint density at radius 2 is 1.76 bits per heavy atom. The number of benzene rings is 1. The normalized spacial score (nSPS) is 27.1. The average Bonchev–Trinajstić information content (AvgIpc) is 2.80. The quantitative estimate of drug-likeness (QED) is 0.286. The van der Waals surface area contributed by atoms with E-state index >= 15 is 0 Å². The summed E-state index contributed by atoms with van der Waals surface area (Å²) in [5.74, 6) is -8.06. The van der Waals surface area contributed by atoms with Gasteiger partial charge >= 0.3 is 0 Å². The van der Waals surface area contributed by atoms with Gasteiger partial charge in [0.05, 0.1) is 17.2 Å². The number of aliphatic hydroxyl groups excluding tert-OH is 2. The van der Waals surface area contributed by atoms with Gasteiger partial charge in [-0.2, -0.15) is 0 Å². The van der Waals surface area contributed by atoms with Crippen LogP contribution in [0, 0.1) is 11.8 Å². The highest BCUT2D eigenvalue weighted by Gasteiger charge is 2.63. The van der Waals surface area contributed by atoms with Crippen molar-refractivity contribution in [2.75, 3.05) is 40.1 Å². The lowest BCUT2D eigenvalue weighted by Crippen LogP contribution is -2.63. The van der Waals surface area contributed by atoms with E-state index in [1.54, 1.807) is 33.1 Å². The summed E-state index contributed by atoms with van der Waals surface area (Å²) in [4.78, 5) is 54.8. The molecule has 4 atom stereocenters. The van der Waals surface area contributed by atoms with Crippen LogP contribution >= 0.6 is 0 Å². The molecule has 0 fully saturated rings. The number of fused-ring (bicyclic) bond motifs is 3. The predicted molar refractivity (Wildman–Crippen MR) is 131 cm³/mol. The number of phenolic OH excluding ortho intramolecular Hbond substituents is 1. The topological polar surface area (TPSA) is 194 Å². The molecule has 198 valence electrons. The van der Waals surface area contributed by atoms with E-state index in [4.69, 9.17) is 5.73 Å². The third-order valence-corrected chi connectivity index (χ3v) is 7.65. The number of Topliss-reactive ketones (excluding diaryl/α,β-unsaturated/α-hetero) is 2. The molecule has 37 heavy (non-hydrogen) atoms. The van der Waals surface area contributed by atoms with E-state index in [-0.39, 0.29) is 29.5 Å². The van der Waals surface area contributed by atoms with Gasteiger partial charge in [-0.05, 0) is 44.5 Å². The standard InChI is InChI=1S/C25H30N4O8/c1-27-24(36)11-8-13(28(2)3)10-6-9-7-12-17(29(4)5)20(32)16(23(26)35)22(34)25(12,37)21(33)14(9)19(31)15(10)18(11)30/h8-9,12,17,30,32-33,37H,6-7H2,1-5H3,(H2,26,35)(H,27,36)/t9-,12-,17-,25-/m0/s1. The molecule has 0 heterocycles. The number of anilines is 1. The molecule has 0 bridgehead atoms. The van der Waals surface area contributed by atoms with Crippen molar-refractivity contribution in [2.24, 2.45) is 17.6 Å². The van der Waals surface area contributed by atoms with Gasteiger partial charge in [-0.1, -0.05) is 0 Å². The molecule has 12 nitrogen and oxygen atoms in total. The fraction of sp³-hybridized carbons (Fsp3) is 0.440. The van der Waals surface area contributed by atoms with Crippen LogP contribution < -0.4 is 16.0 Å². The number of likely N-dealkylation sites (N-methyl/N-ethyl adjacent to an activating group) is 1. The summed E-state index contributed by atoms with van der Waals surface area (Å²) < 4.78 is 0. The Bertz CT molecular complexity index is 1330. The number of rotatable bonds is 4. The lowest BCUT2D eigenvalue weighted by atomic mass is 9.58. The number of carbonyl (C=O) groups is 4. The van der Waals surface area contributed by atoms with Gasteiger partial charge in [-0.15, -0.1) is 0 Å². The van der Waals surface area contributed by atoms with Crippen molar-refractivity contribution in [3.05, 3.63) is 45.4 Å². The fourth-order valence-electron chi connectivity index (χ4n) is 6.01. The van der Waals surface area contributed by atoms with E-state index in [9.17, 15) is 39.6 Å². The van der Waals surface area contributed by atoms with Crippen LogP contribution in [0.3, 0.4) is 0 Å². The number of nitrogens with zero attached hydrogens (tertiary/aromatic N) is 2. The summed E-state index contributed by atoms with van der Waals surface area (Å²) in [5.41, 5.74) is 2.03. The zero-order valence-electron chi connectivity index (χ0n) is 21.1. The van der Waals surface area contributed by atoms with Gasteiger partial charge in [0.15, 0.2) is 11.4 Å². The molecule has 0 aliphatic heterocycles. The summed E-state index contributed by atoms with van der Waals surface area (Å²) in [6.07, 6.45) is 0.111. The predicted octanol–water partition coefficient (Wildman–Crippen LogP) is -0.454. The van der Waals surface area contributed by atoms with Crippen LogP contribution in [-0.4, -0.2) is 95.6 Å². The number of amides is 2. The van der Waals surface area contributed by atoms with Crippen molar-refractivity contribution < 1.29 is 39.6 Å². The van der Waals surface area contributed by atoms with E-state index in [0.29, 0.717) is 11.3 Å². The summed E-state index contributed by atoms with van der Waals surface area (Å²) in [6.45, 7) is 0. The molecule has 2 amide bonds. The number of hydrogen-bond donors (Lipinski definition) is 6. The molecule has 1 aromatic carbocycles. The van der Waals surface area contributed by atoms with Gasteiger partial charge in [0.2, 0.25) is 5.78 Å². The van der Waals surface area contributed by atoms with Crippen LogP contribution in [0.15, 0.2) is 28.7 Å². The molecule has 4 rings (SSSR count). The molecule has 0 aromatic heterocycles. The van der Waals surface area contributed by atoms with Gasteiger partial charge in [-0.25, -0.2) is 0 Å². The van der Waals surface area contributed by atoms with Crippen LogP contribution in [0.2, 0.25) is 0 Å². The highest BCUT2D eigenvalue weighted by molar-refractivity contribution is 6.25. The number of carbonyl (C=O) groups excluding carboxylic acids is 4. The van der Waals surface area contributed by atoms with Crippen LogP contribution in [0.25, 0.3) is 0 Å². The second-order valence-corrected chi connectivity index (χ2v) is 10.1. The van der Waals surface area contributed by atoms with E-state index in [2.05, 4.69) is 5.32 Å². The first-order valence-corrected chi connectivity index (χ1v) is 11.6. The molecule has 7 N–H and O–H groups in total. The van der Waals surface area contributed by atoms with Crippen molar-refractivity contribution in [3.8, 4) is 5.75 Å². The third kappa shape index (κ3) is 3.43. The van der Waals surface area contributed by atoms with Gasteiger partial charge in [0, 0.05) is 38.3 Å². The maximum absolute atomic E-state index is 13.8. The minimum absolute atomic E-state index is 0.0173. The summed E-state index contributed by atoms with van der Waals surface area (Å²) in [6, 6.07) is 0.400. The van der Waals surface area contributed by atoms with Crippen molar-refractivity contribution in [1.82, 2.24) is 10.2 Å². The molecule has 1 aromatic rings. The highest BCUT2D eigenvalue weighted by Crippen LogP contribution is 2.53. The number of nitrogens with two attached hydrogens (primary N) is 1. The lowest BCUT2D eigenvalue weighted by Gasteiger charge is -2.50.